The zero-order valence-electron chi connectivity index (χ0n) is 10.4. The lowest BCUT2D eigenvalue weighted by molar-refractivity contribution is -0.141. The number of urea groups is 1. The maximum absolute atomic E-state index is 11.9. The lowest BCUT2D eigenvalue weighted by Crippen LogP contribution is -2.36. The van der Waals surface area contributed by atoms with Gasteiger partial charge in [-0.05, 0) is 17.7 Å². The quantitative estimate of drug-likeness (QED) is 0.544. The third kappa shape index (κ3) is 3.39. The van der Waals surface area contributed by atoms with Gasteiger partial charge in [-0.1, -0.05) is 12.1 Å². The third-order valence-corrected chi connectivity index (χ3v) is 2.82. The number of carbonyl (C=O) groups is 3. The summed E-state index contributed by atoms with van der Waals surface area (Å²) >= 11 is 0. The summed E-state index contributed by atoms with van der Waals surface area (Å²) in [5.41, 5.74) is 7.00. The fraction of sp³-hybridized carbons (Fsp3) is 0.250. The molecule has 1 aromatic rings. The second kappa shape index (κ2) is 6.25. The number of nitrogens with two attached hydrogens (primary N) is 1. The molecule has 1 aliphatic heterocycles. The van der Waals surface area contributed by atoms with E-state index < -0.39 is 30.5 Å². The van der Waals surface area contributed by atoms with Crippen molar-refractivity contribution in [2.24, 2.45) is 0 Å². The van der Waals surface area contributed by atoms with Gasteiger partial charge < -0.3 is 16.2 Å². The number of hydrogen-bond donors (Lipinski definition) is 3. The molecule has 1 atom stereocenters. The Morgan fingerprint density at radius 3 is 2.45 bits per heavy atom. The van der Waals surface area contributed by atoms with Crippen LogP contribution in [0.5, 0.6) is 0 Å². The van der Waals surface area contributed by atoms with E-state index in [1.165, 1.54) is 0 Å². The Morgan fingerprint density at radius 1 is 1.30 bits per heavy atom. The molecule has 1 saturated heterocycles. The van der Waals surface area contributed by atoms with E-state index in [2.05, 4.69) is 5.32 Å². The highest BCUT2D eigenvalue weighted by Gasteiger charge is 2.38. The highest BCUT2D eigenvalue weighted by atomic mass is 35.5. The summed E-state index contributed by atoms with van der Waals surface area (Å²) in [7, 11) is 0. The summed E-state index contributed by atoms with van der Waals surface area (Å²) in [6.45, 7) is -0.622. The number of benzene rings is 1. The Bertz CT molecular complexity index is 532. The molecule has 7 nitrogen and oxygen atoms in total. The molecule has 1 fully saturated rings. The Balaban J connectivity index is 0.00000200. The second-order valence-electron chi connectivity index (χ2n) is 4.27. The van der Waals surface area contributed by atoms with Crippen LogP contribution in [0.4, 0.5) is 10.5 Å². The van der Waals surface area contributed by atoms with Crippen LogP contribution in [0.1, 0.15) is 5.56 Å². The highest BCUT2D eigenvalue weighted by molar-refractivity contribution is 6.06. The van der Waals surface area contributed by atoms with Crippen LogP contribution in [0.2, 0.25) is 0 Å². The first-order valence-corrected chi connectivity index (χ1v) is 5.65. The average Bonchev–Trinajstić information content (AvgIpc) is 2.60. The van der Waals surface area contributed by atoms with Crippen molar-refractivity contribution in [3.63, 3.8) is 0 Å². The van der Waals surface area contributed by atoms with Gasteiger partial charge in [-0.25, -0.2) is 4.79 Å². The Labute approximate surface area is 121 Å². The number of amides is 3. The number of aliphatic carboxylic acids is 1. The molecule has 8 heteroatoms. The van der Waals surface area contributed by atoms with Crippen LogP contribution in [0.3, 0.4) is 0 Å². The van der Waals surface area contributed by atoms with Crippen molar-refractivity contribution in [1.29, 1.82) is 0 Å². The normalized spacial score (nSPS) is 17.6. The smallest absolute Gasteiger partial charge is 0.325 e. The van der Waals surface area contributed by atoms with Gasteiger partial charge in [-0.15, -0.1) is 12.4 Å². The zero-order chi connectivity index (χ0) is 14.0. The fourth-order valence-corrected chi connectivity index (χ4v) is 1.89. The number of carbonyl (C=O) groups excluding carboxylic acids is 2. The Hall–Kier alpha value is -2.28. The molecule has 2 rings (SSSR count). The third-order valence-electron chi connectivity index (χ3n) is 2.82. The fourth-order valence-electron chi connectivity index (χ4n) is 1.89. The average molecular weight is 300 g/mol. The highest BCUT2D eigenvalue weighted by Crippen LogP contribution is 2.13. The van der Waals surface area contributed by atoms with E-state index in [0.29, 0.717) is 17.0 Å². The molecule has 0 saturated carbocycles. The molecule has 1 aromatic carbocycles. The number of rotatable bonds is 4. The predicted octanol–water partition coefficient (Wildman–Crippen LogP) is 0.238. The van der Waals surface area contributed by atoms with Gasteiger partial charge in [-0.2, -0.15) is 0 Å². The molecular formula is C12H14ClN3O4. The molecule has 0 spiro atoms. The van der Waals surface area contributed by atoms with Gasteiger partial charge in [0.25, 0.3) is 5.91 Å². The first kappa shape index (κ1) is 15.8. The van der Waals surface area contributed by atoms with Crippen LogP contribution in [-0.2, 0) is 16.0 Å². The minimum atomic E-state index is -1.23. The summed E-state index contributed by atoms with van der Waals surface area (Å²) in [5.74, 6) is -1.75. The van der Waals surface area contributed by atoms with Crippen LogP contribution in [0, 0.1) is 0 Å². The monoisotopic (exact) mass is 299 g/mol. The number of carboxylic acids is 1. The summed E-state index contributed by atoms with van der Waals surface area (Å²) in [5, 5.41) is 11.1. The topological polar surface area (TPSA) is 113 Å². The first-order valence-electron chi connectivity index (χ1n) is 5.65. The predicted molar refractivity (Wildman–Crippen MR) is 73.5 cm³/mol. The molecular weight excluding hydrogens is 286 g/mol. The van der Waals surface area contributed by atoms with Gasteiger partial charge in [0.05, 0.1) is 0 Å². The van der Waals surface area contributed by atoms with E-state index in [-0.39, 0.29) is 12.4 Å². The zero-order valence-corrected chi connectivity index (χ0v) is 11.2. The number of hydrogen-bond acceptors (Lipinski definition) is 4. The summed E-state index contributed by atoms with van der Waals surface area (Å²) in [4.78, 5) is 34.6. The van der Waals surface area contributed by atoms with E-state index in [9.17, 15) is 14.4 Å². The van der Waals surface area contributed by atoms with Gasteiger partial charge in [0.1, 0.15) is 12.6 Å². The number of nitrogens with zero attached hydrogens (tertiary/aromatic N) is 1. The largest absolute Gasteiger partial charge is 0.480 e. The lowest BCUT2D eigenvalue weighted by atomic mass is 10.1. The summed E-state index contributed by atoms with van der Waals surface area (Å²) in [6, 6.07) is 5.52. The maximum Gasteiger partial charge on any atom is 0.325 e. The minimum Gasteiger partial charge on any atom is -0.480 e. The van der Waals surface area contributed by atoms with Crippen molar-refractivity contribution in [3.05, 3.63) is 29.8 Å². The van der Waals surface area contributed by atoms with Gasteiger partial charge in [0.15, 0.2) is 0 Å². The maximum atomic E-state index is 11.9. The number of nitrogens with one attached hydrogen (secondary N) is 1. The molecule has 0 bridgehead atoms. The van der Waals surface area contributed by atoms with E-state index in [0.717, 1.165) is 5.56 Å². The molecule has 1 heterocycles. The molecule has 1 aliphatic rings. The van der Waals surface area contributed by atoms with Crippen LogP contribution in [0.25, 0.3) is 0 Å². The number of imide groups is 1. The van der Waals surface area contributed by atoms with Gasteiger partial charge in [0.2, 0.25) is 0 Å². The van der Waals surface area contributed by atoms with Crippen molar-refractivity contribution < 1.29 is 19.5 Å². The molecule has 20 heavy (non-hydrogen) atoms. The van der Waals surface area contributed by atoms with E-state index in [1.54, 1.807) is 24.3 Å². The summed E-state index contributed by atoms with van der Waals surface area (Å²) < 4.78 is 0. The van der Waals surface area contributed by atoms with Crippen LogP contribution >= 0.6 is 12.4 Å². The minimum absolute atomic E-state index is 0. The SMILES string of the molecule is Cl.Nc1ccc(CC2NC(=O)N(CC(=O)O)C2=O)cc1. The Kier molecular flexibility index (Phi) is 4.93. The second-order valence-corrected chi connectivity index (χ2v) is 4.27. The standard InChI is InChI=1S/C12H13N3O4.ClH/c13-8-3-1-7(2-4-8)5-9-11(18)15(6-10(16)17)12(19)14-9;/h1-4,9H,5-6,13H2,(H,14,19)(H,16,17);1H. The molecule has 1 unspecified atom stereocenters. The van der Waals surface area contributed by atoms with Crippen molar-refractivity contribution in [2.75, 3.05) is 12.3 Å². The molecule has 0 radical (unpaired) electrons. The molecule has 0 aliphatic carbocycles. The number of carboxylic acid groups (broad SMARTS) is 1. The molecule has 0 aromatic heterocycles. The Morgan fingerprint density at radius 2 is 1.90 bits per heavy atom. The van der Waals surface area contributed by atoms with Gasteiger partial charge in [-0.3, -0.25) is 14.5 Å². The number of anilines is 1. The van der Waals surface area contributed by atoms with Gasteiger partial charge >= 0.3 is 12.0 Å². The number of nitrogen functional groups attached to an aromatic ring is 1. The number of halogens is 1. The lowest BCUT2D eigenvalue weighted by Gasteiger charge is -2.10. The van der Waals surface area contributed by atoms with E-state index in [1.807, 2.05) is 0 Å². The van der Waals surface area contributed by atoms with E-state index >= 15 is 0 Å². The first-order chi connectivity index (χ1) is 8.97. The van der Waals surface area contributed by atoms with E-state index in [4.69, 9.17) is 10.8 Å². The molecule has 4 N–H and O–H groups in total. The molecule has 108 valence electrons. The molecule has 3 amide bonds. The van der Waals surface area contributed by atoms with Crippen molar-refractivity contribution in [2.45, 2.75) is 12.5 Å². The van der Waals surface area contributed by atoms with Crippen LogP contribution < -0.4 is 11.1 Å². The van der Waals surface area contributed by atoms with Gasteiger partial charge in [0, 0.05) is 12.1 Å². The summed E-state index contributed by atoms with van der Waals surface area (Å²) in [6.07, 6.45) is 0.307. The van der Waals surface area contributed by atoms with Crippen LogP contribution in [-0.4, -0.2) is 40.5 Å². The van der Waals surface area contributed by atoms with Crippen LogP contribution in [0.15, 0.2) is 24.3 Å². The van der Waals surface area contributed by atoms with Crippen molar-refractivity contribution in [3.8, 4) is 0 Å². The van der Waals surface area contributed by atoms with Crippen molar-refractivity contribution in [1.82, 2.24) is 10.2 Å². The van der Waals surface area contributed by atoms with Crippen molar-refractivity contribution >= 4 is 36.0 Å².